The van der Waals surface area contributed by atoms with Crippen molar-refractivity contribution in [3.05, 3.63) is 41.5 Å². The van der Waals surface area contributed by atoms with Crippen LogP contribution in [-0.2, 0) is 13.2 Å². The monoisotopic (exact) mass is 274 g/mol. The van der Waals surface area contributed by atoms with Gasteiger partial charge in [0.25, 0.3) is 5.91 Å². The Morgan fingerprint density at radius 1 is 1.35 bits per heavy atom. The molecule has 106 valence electrons. The van der Waals surface area contributed by atoms with Crippen molar-refractivity contribution in [1.82, 2.24) is 20.1 Å². The van der Waals surface area contributed by atoms with Crippen LogP contribution in [0.15, 0.2) is 24.3 Å². The van der Waals surface area contributed by atoms with E-state index < -0.39 is 0 Å². The van der Waals surface area contributed by atoms with Gasteiger partial charge in [0.15, 0.2) is 5.82 Å². The molecule has 0 radical (unpaired) electrons. The van der Waals surface area contributed by atoms with E-state index in [1.165, 1.54) is 0 Å². The van der Waals surface area contributed by atoms with Crippen molar-refractivity contribution in [2.45, 2.75) is 27.0 Å². The lowest BCUT2D eigenvalue weighted by Crippen LogP contribution is -2.19. The number of amides is 1. The number of aromatic nitrogens is 3. The van der Waals surface area contributed by atoms with E-state index in [1.54, 1.807) is 25.2 Å². The second-order valence-corrected chi connectivity index (χ2v) is 4.27. The first kappa shape index (κ1) is 14.0. The lowest BCUT2D eigenvalue weighted by Gasteiger charge is -2.11. The number of para-hydroxylation sites is 1. The average Bonchev–Trinajstić information content (AvgIpc) is 2.84. The summed E-state index contributed by atoms with van der Waals surface area (Å²) >= 11 is 0. The minimum Gasteiger partial charge on any atom is -0.485 e. The van der Waals surface area contributed by atoms with E-state index >= 15 is 0 Å². The van der Waals surface area contributed by atoms with Gasteiger partial charge in [-0.05, 0) is 26.0 Å². The van der Waals surface area contributed by atoms with Crippen LogP contribution in [0.25, 0.3) is 0 Å². The van der Waals surface area contributed by atoms with Gasteiger partial charge < -0.3 is 14.6 Å². The molecule has 0 aliphatic rings. The first-order valence-electron chi connectivity index (χ1n) is 6.50. The molecular formula is C14H18N4O2. The zero-order chi connectivity index (χ0) is 14.5. The number of hydrogen-bond acceptors (Lipinski definition) is 4. The maximum atomic E-state index is 11.7. The van der Waals surface area contributed by atoms with Gasteiger partial charge in [-0.15, -0.1) is 10.2 Å². The second-order valence-electron chi connectivity index (χ2n) is 4.27. The minimum atomic E-state index is -0.172. The summed E-state index contributed by atoms with van der Waals surface area (Å²) in [6.45, 7) is 4.99. The molecule has 2 aromatic rings. The van der Waals surface area contributed by atoms with Gasteiger partial charge in [-0.3, -0.25) is 4.79 Å². The Labute approximate surface area is 117 Å². The number of aryl methyl sites for hydroxylation is 1. The molecule has 1 amide bonds. The number of rotatable bonds is 5. The highest BCUT2D eigenvalue weighted by Crippen LogP contribution is 2.19. The molecule has 2 rings (SSSR count). The molecule has 0 atom stereocenters. The zero-order valence-corrected chi connectivity index (χ0v) is 11.9. The Kier molecular flexibility index (Phi) is 4.34. The third kappa shape index (κ3) is 2.79. The number of nitrogens with one attached hydrogen (secondary N) is 1. The minimum absolute atomic E-state index is 0.172. The Hall–Kier alpha value is -2.37. The second kappa shape index (κ2) is 6.18. The quantitative estimate of drug-likeness (QED) is 0.898. The third-order valence-corrected chi connectivity index (χ3v) is 3.04. The highest BCUT2D eigenvalue weighted by Gasteiger charge is 2.12. The number of ether oxygens (including phenoxy) is 1. The molecular weight excluding hydrogens is 256 g/mol. The van der Waals surface area contributed by atoms with Gasteiger partial charge >= 0.3 is 0 Å². The number of carbonyl (C=O) groups excluding carboxylic acids is 1. The van der Waals surface area contributed by atoms with Crippen molar-refractivity contribution in [2.24, 2.45) is 0 Å². The van der Waals surface area contributed by atoms with Crippen LogP contribution in [0.1, 0.15) is 28.9 Å². The molecule has 20 heavy (non-hydrogen) atoms. The Bertz CT molecular complexity index is 607. The first-order chi connectivity index (χ1) is 9.67. The van der Waals surface area contributed by atoms with Crippen LogP contribution in [0.4, 0.5) is 0 Å². The van der Waals surface area contributed by atoms with Crippen molar-refractivity contribution in [2.75, 3.05) is 7.05 Å². The van der Waals surface area contributed by atoms with E-state index in [1.807, 2.05) is 24.5 Å². The summed E-state index contributed by atoms with van der Waals surface area (Å²) in [5, 5.41) is 10.7. The maximum Gasteiger partial charge on any atom is 0.254 e. The van der Waals surface area contributed by atoms with Crippen LogP contribution >= 0.6 is 0 Å². The molecule has 0 bridgehead atoms. The van der Waals surface area contributed by atoms with Gasteiger partial charge in [-0.2, -0.15) is 0 Å². The van der Waals surface area contributed by atoms with E-state index in [0.717, 1.165) is 18.2 Å². The van der Waals surface area contributed by atoms with Crippen LogP contribution in [0.2, 0.25) is 0 Å². The summed E-state index contributed by atoms with van der Waals surface area (Å²) in [4.78, 5) is 11.7. The number of nitrogens with zero attached hydrogens (tertiary/aromatic N) is 3. The fraction of sp³-hybridized carbons (Fsp3) is 0.357. The van der Waals surface area contributed by atoms with Crippen LogP contribution in [0, 0.1) is 6.92 Å². The summed E-state index contributed by atoms with van der Waals surface area (Å²) in [6.07, 6.45) is 0. The summed E-state index contributed by atoms with van der Waals surface area (Å²) in [5.74, 6) is 1.96. The molecule has 1 aromatic heterocycles. The molecule has 0 saturated heterocycles. The molecule has 1 N–H and O–H groups in total. The molecule has 6 heteroatoms. The molecule has 0 saturated carbocycles. The van der Waals surface area contributed by atoms with Crippen molar-refractivity contribution in [3.63, 3.8) is 0 Å². The van der Waals surface area contributed by atoms with Crippen molar-refractivity contribution < 1.29 is 9.53 Å². The Balaban J connectivity index is 2.17. The van der Waals surface area contributed by atoms with Gasteiger partial charge in [0, 0.05) is 13.6 Å². The molecule has 0 fully saturated rings. The lowest BCUT2D eigenvalue weighted by molar-refractivity contribution is 0.0958. The smallest absolute Gasteiger partial charge is 0.254 e. The van der Waals surface area contributed by atoms with Gasteiger partial charge in [0.05, 0.1) is 5.56 Å². The molecule has 1 aromatic carbocycles. The fourth-order valence-electron chi connectivity index (χ4n) is 2.00. The standard InChI is InChI=1S/C14H18N4O2/c1-4-18-10(2)16-17-13(18)9-20-12-8-6-5-7-11(12)14(19)15-3/h5-8H,4,9H2,1-3H3,(H,15,19). The summed E-state index contributed by atoms with van der Waals surface area (Å²) in [7, 11) is 1.59. The van der Waals surface area contributed by atoms with Gasteiger partial charge in [0.1, 0.15) is 18.2 Å². The Morgan fingerprint density at radius 3 is 2.80 bits per heavy atom. The van der Waals surface area contributed by atoms with E-state index in [9.17, 15) is 4.79 Å². The zero-order valence-electron chi connectivity index (χ0n) is 11.9. The van der Waals surface area contributed by atoms with Crippen LogP contribution < -0.4 is 10.1 Å². The molecule has 6 nitrogen and oxygen atoms in total. The molecule has 0 unspecified atom stereocenters. The summed E-state index contributed by atoms with van der Waals surface area (Å²) in [6, 6.07) is 7.13. The third-order valence-electron chi connectivity index (χ3n) is 3.04. The summed E-state index contributed by atoms with van der Waals surface area (Å²) < 4.78 is 7.69. The molecule has 0 aliphatic carbocycles. The van der Waals surface area contributed by atoms with Gasteiger partial charge in [0.2, 0.25) is 0 Å². The van der Waals surface area contributed by atoms with E-state index in [-0.39, 0.29) is 12.5 Å². The van der Waals surface area contributed by atoms with Crippen molar-refractivity contribution in [3.8, 4) is 5.75 Å². The number of hydrogen-bond donors (Lipinski definition) is 1. The van der Waals surface area contributed by atoms with E-state index in [4.69, 9.17) is 4.74 Å². The SMILES string of the molecule is CCn1c(C)nnc1COc1ccccc1C(=O)NC. The highest BCUT2D eigenvalue weighted by molar-refractivity contribution is 5.96. The maximum absolute atomic E-state index is 11.7. The summed E-state index contributed by atoms with van der Waals surface area (Å²) in [5.41, 5.74) is 0.509. The average molecular weight is 274 g/mol. The first-order valence-corrected chi connectivity index (χ1v) is 6.50. The predicted octanol–water partition coefficient (Wildman–Crippen LogP) is 1.55. The predicted molar refractivity (Wildman–Crippen MR) is 74.6 cm³/mol. The van der Waals surface area contributed by atoms with Crippen LogP contribution in [0.3, 0.4) is 0 Å². The normalized spacial score (nSPS) is 10.3. The highest BCUT2D eigenvalue weighted by atomic mass is 16.5. The molecule has 0 aliphatic heterocycles. The molecule has 1 heterocycles. The fourth-order valence-corrected chi connectivity index (χ4v) is 2.00. The van der Waals surface area contributed by atoms with Gasteiger partial charge in [-0.1, -0.05) is 12.1 Å². The van der Waals surface area contributed by atoms with Crippen molar-refractivity contribution >= 4 is 5.91 Å². The largest absolute Gasteiger partial charge is 0.485 e. The Morgan fingerprint density at radius 2 is 2.10 bits per heavy atom. The van der Waals surface area contributed by atoms with E-state index in [0.29, 0.717) is 11.3 Å². The van der Waals surface area contributed by atoms with Crippen molar-refractivity contribution in [1.29, 1.82) is 0 Å². The van der Waals surface area contributed by atoms with Crippen LogP contribution in [-0.4, -0.2) is 27.7 Å². The molecule has 0 spiro atoms. The lowest BCUT2D eigenvalue weighted by atomic mass is 10.2. The van der Waals surface area contributed by atoms with E-state index in [2.05, 4.69) is 15.5 Å². The topological polar surface area (TPSA) is 69.0 Å². The van der Waals surface area contributed by atoms with Gasteiger partial charge in [-0.25, -0.2) is 0 Å². The number of benzene rings is 1. The number of carbonyl (C=O) groups is 1. The van der Waals surface area contributed by atoms with Crippen LogP contribution in [0.5, 0.6) is 5.75 Å².